The Balaban J connectivity index is 1.62. The van der Waals surface area contributed by atoms with Crippen LogP contribution in [-0.2, 0) is 0 Å². The van der Waals surface area contributed by atoms with E-state index in [4.69, 9.17) is 0 Å². The molecule has 5 aliphatic carbocycles. The lowest BCUT2D eigenvalue weighted by Crippen LogP contribution is -2.44. The molecular formula is C21H20O. The van der Waals surface area contributed by atoms with Gasteiger partial charge in [0, 0.05) is 5.92 Å². The molecular weight excluding hydrogens is 268 g/mol. The summed E-state index contributed by atoms with van der Waals surface area (Å²) in [5.74, 6) is 2.85. The van der Waals surface area contributed by atoms with Crippen LogP contribution in [0.5, 0.6) is 0 Å². The van der Waals surface area contributed by atoms with E-state index in [2.05, 4.69) is 48.5 Å². The van der Waals surface area contributed by atoms with Crippen LogP contribution in [-0.4, -0.2) is 10.7 Å². The van der Waals surface area contributed by atoms with E-state index >= 15 is 0 Å². The number of hydrogen-bond acceptors (Lipinski definition) is 1. The van der Waals surface area contributed by atoms with Crippen molar-refractivity contribution < 1.29 is 5.11 Å². The first-order valence-corrected chi connectivity index (χ1v) is 8.69. The summed E-state index contributed by atoms with van der Waals surface area (Å²) >= 11 is 0. The molecule has 4 fully saturated rings. The lowest BCUT2D eigenvalue weighted by molar-refractivity contribution is -0.0392. The summed E-state index contributed by atoms with van der Waals surface area (Å²) in [6.45, 7) is 0. The Kier molecular flexibility index (Phi) is 1.98. The van der Waals surface area contributed by atoms with Gasteiger partial charge in [0.1, 0.15) is 0 Å². The molecule has 4 saturated carbocycles. The summed E-state index contributed by atoms with van der Waals surface area (Å²) in [6.07, 6.45) is 3.92. The van der Waals surface area contributed by atoms with Gasteiger partial charge in [-0.15, -0.1) is 0 Å². The molecule has 2 aromatic carbocycles. The van der Waals surface area contributed by atoms with E-state index in [-0.39, 0.29) is 5.92 Å². The van der Waals surface area contributed by atoms with Crippen LogP contribution < -0.4 is 0 Å². The number of hydrogen-bond donors (Lipinski definition) is 1. The topological polar surface area (TPSA) is 20.2 Å². The fourth-order valence-electron chi connectivity index (χ4n) is 6.77. The Labute approximate surface area is 131 Å². The number of benzene rings is 2. The van der Waals surface area contributed by atoms with Gasteiger partial charge in [0.2, 0.25) is 0 Å². The van der Waals surface area contributed by atoms with Gasteiger partial charge in [-0.2, -0.15) is 0 Å². The van der Waals surface area contributed by atoms with Crippen LogP contribution in [0, 0.1) is 23.7 Å². The molecule has 0 amide bonds. The smallest absolute Gasteiger partial charge is 0.0818 e. The van der Waals surface area contributed by atoms with Gasteiger partial charge in [-0.1, -0.05) is 48.5 Å². The normalized spacial score (nSPS) is 40.4. The first kappa shape index (κ1) is 11.9. The van der Waals surface area contributed by atoms with E-state index in [9.17, 15) is 5.11 Å². The van der Waals surface area contributed by atoms with Gasteiger partial charge in [0.05, 0.1) is 5.60 Å². The molecule has 22 heavy (non-hydrogen) atoms. The summed E-state index contributed by atoms with van der Waals surface area (Å²) in [6, 6.07) is 17.5. The number of rotatable bonds is 1. The maximum Gasteiger partial charge on any atom is 0.0818 e. The molecule has 0 aliphatic heterocycles. The Morgan fingerprint density at radius 3 is 1.73 bits per heavy atom. The molecule has 0 aromatic heterocycles. The zero-order valence-electron chi connectivity index (χ0n) is 12.6. The largest absolute Gasteiger partial charge is 0.388 e. The van der Waals surface area contributed by atoms with Crippen LogP contribution in [0.2, 0.25) is 0 Å². The molecule has 0 radical (unpaired) electrons. The lowest BCUT2D eigenvalue weighted by Gasteiger charge is -2.39. The van der Waals surface area contributed by atoms with Gasteiger partial charge in [-0.25, -0.2) is 0 Å². The highest BCUT2D eigenvalue weighted by Crippen LogP contribution is 2.72. The second-order valence-corrected chi connectivity index (χ2v) is 7.94. The zero-order valence-corrected chi connectivity index (χ0v) is 12.6. The van der Waals surface area contributed by atoms with Crippen LogP contribution in [0.3, 0.4) is 0 Å². The molecule has 0 unspecified atom stereocenters. The first-order chi connectivity index (χ1) is 10.8. The monoisotopic (exact) mass is 288 g/mol. The Bertz CT molecular complexity index is 730. The summed E-state index contributed by atoms with van der Waals surface area (Å²) in [7, 11) is 0. The van der Waals surface area contributed by atoms with Crippen LogP contribution in [0.4, 0.5) is 0 Å². The van der Waals surface area contributed by atoms with Crippen LogP contribution in [0.15, 0.2) is 48.5 Å². The molecule has 1 nitrogen and oxygen atoms in total. The van der Waals surface area contributed by atoms with Crippen LogP contribution in [0.25, 0.3) is 11.1 Å². The molecule has 2 aromatic rings. The van der Waals surface area contributed by atoms with Crippen LogP contribution >= 0.6 is 0 Å². The lowest BCUT2D eigenvalue weighted by atomic mass is 9.70. The van der Waals surface area contributed by atoms with Gasteiger partial charge in [0.15, 0.2) is 0 Å². The minimum Gasteiger partial charge on any atom is -0.388 e. The third-order valence-corrected chi connectivity index (χ3v) is 7.34. The summed E-state index contributed by atoms with van der Waals surface area (Å²) < 4.78 is 0. The molecule has 110 valence electrons. The van der Waals surface area contributed by atoms with Crippen molar-refractivity contribution in [1.82, 2.24) is 0 Å². The molecule has 0 saturated heterocycles. The molecule has 0 spiro atoms. The van der Waals surface area contributed by atoms with Crippen molar-refractivity contribution >= 4 is 0 Å². The summed E-state index contributed by atoms with van der Waals surface area (Å²) in [5.41, 5.74) is 4.93. The van der Waals surface area contributed by atoms with Gasteiger partial charge >= 0.3 is 0 Å². The predicted molar refractivity (Wildman–Crippen MR) is 86.5 cm³/mol. The zero-order chi connectivity index (χ0) is 14.5. The van der Waals surface area contributed by atoms with Crippen molar-refractivity contribution in [2.45, 2.75) is 30.8 Å². The van der Waals surface area contributed by atoms with E-state index in [0.29, 0.717) is 11.8 Å². The molecule has 4 bridgehead atoms. The standard InChI is InChI=1S/C21H20O/c22-21(18-10-12-9-13(18)11-19(12)21)20-16-7-3-1-5-14(16)15-6-2-4-8-17(15)20/h1-8,12-13,18-20,22H,9-11H2/t12-,13-,18-,19-/m1/s1. The van der Waals surface area contributed by atoms with Crippen molar-refractivity contribution in [2.75, 3.05) is 0 Å². The highest BCUT2D eigenvalue weighted by Gasteiger charge is 2.70. The van der Waals surface area contributed by atoms with Crippen molar-refractivity contribution in [3.8, 4) is 11.1 Å². The van der Waals surface area contributed by atoms with Crippen molar-refractivity contribution in [1.29, 1.82) is 0 Å². The molecule has 7 rings (SSSR count). The molecule has 1 N–H and O–H groups in total. The fraction of sp³-hybridized carbons (Fsp3) is 0.429. The second-order valence-electron chi connectivity index (χ2n) is 7.94. The van der Waals surface area contributed by atoms with Crippen molar-refractivity contribution in [2.24, 2.45) is 23.7 Å². The molecule has 1 heteroatoms. The number of fused-ring (bicyclic) bond motifs is 3. The van der Waals surface area contributed by atoms with E-state index in [1.54, 1.807) is 0 Å². The fourth-order valence-corrected chi connectivity index (χ4v) is 6.77. The van der Waals surface area contributed by atoms with Gasteiger partial charge in [-0.05, 0) is 65.2 Å². The van der Waals surface area contributed by atoms with E-state index in [1.165, 1.54) is 41.5 Å². The molecule has 0 heterocycles. The maximum atomic E-state index is 11.9. The average molecular weight is 288 g/mol. The average Bonchev–Trinajstić information content (AvgIpc) is 3.31. The molecule has 4 atom stereocenters. The minimum absolute atomic E-state index is 0.199. The van der Waals surface area contributed by atoms with E-state index in [1.807, 2.05) is 0 Å². The van der Waals surface area contributed by atoms with Gasteiger partial charge in [0.25, 0.3) is 0 Å². The summed E-state index contributed by atoms with van der Waals surface area (Å²) in [4.78, 5) is 0. The highest BCUT2D eigenvalue weighted by molar-refractivity contribution is 5.79. The van der Waals surface area contributed by atoms with Gasteiger partial charge < -0.3 is 5.11 Å². The van der Waals surface area contributed by atoms with E-state index in [0.717, 1.165) is 11.8 Å². The van der Waals surface area contributed by atoms with Gasteiger partial charge in [-0.3, -0.25) is 0 Å². The molecule has 5 aliphatic rings. The van der Waals surface area contributed by atoms with Crippen molar-refractivity contribution in [3.63, 3.8) is 0 Å². The third kappa shape index (κ3) is 1.12. The Hall–Kier alpha value is -1.60. The maximum absolute atomic E-state index is 11.9. The minimum atomic E-state index is -0.490. The number of aliphatic hydroxyl groups is 1. The quantitative estimate of drug-likeness (QED) is 0.833. The third-order valence-electron chi connectivity index (χ3n) is 7.34. The Morgan fingerprint density at radius 2 is 1.23 bits per heavy atom. The SMILES string of the molecule is OC1(C2c3ccccc3-c3ccccc32)[C@@H]2C[C@H]3C[C@@H]2C[C@H]31. The first-order valence-electron chi connectivity index (χ1n) is 8.69. The van der Waals surface area contributed by atoms with Crippen molar-refractivity contribution in [3.05, 3.63) is 59.7 Å². The summed E-state index contributed by atoms with van der Waals surface area (Å²) in [5, 5.41) is 11.9. The highest BCUT2D eigenvalue weighted by atomic mass is 16.3. The predicted octanol–water partition coefficient (Wildman–Crippen LogP) is 4.21. The second kappa shape index (κ2) is 3.65. The van der Waals surface area contributed by atoms with Crippen LogP contribution in [0.1, 0.15) is 36.3 Å². The van der Waals surface area contributed by atoms with E-state index < -0.39 is 5.60 Å². The Morgan fingerprint density at radius 1 is 0.727 bits per heavy atom.